The minimum atomic E-state index is 0.0611. The first kappa shape index (κ1) is 18.4. The summed E-state index contributed by atoms with van der Waals surface area (Å²) >= 11 is 4.31. The van der Waals surface area contributed by atoms with E-state index >= 15 is 0 Å². The third-order valence-electron chi connectivity index (χ3n) is 4.03. The van der Waals surface area contributed by atoms with Crippen LogP contribution in [0.4, 0.5) is 0 Å². The Hall–Kier alpha value is 0.1000. The van der Waals surface area contributed by atoms with Gasteiger partial charge in [0.25, 0.3) is 0 Å². The number of hydrogen-bond donors (Lipinski definition) is 0. The molecule has 0 aromatic heterocycles. The fourth-order valence-corrected chi connectivity index (χ4v) is 6.16. The molecule has 0 bridgehead atoms. The molecule has 0 aromatic carbocycles. The lowest BCUT2D eigenvalue weighted by atomic mass is 10.1. The zero-order valence-corrected chi connectivity index (χ0v) is 15.4. The maximum atomic E-state index is 5.89. The molecule has 0 saturated carbocycles. The van der Waals surface area contributed by atoms with Crippen LogP contribution in [0.2, 0.25) is 0 Å². The molecule has 2 fully saturated rings. The topological polar surface area (TPSA) is 18.5 Å². The Kier molecular flexibility index (Phi) is 9.05. The van der Waals surface area contributed by atoms with Crippen LogP contribution in [0.15, 0.2) is 24.3 Å². The minimum absolute atomic E-state index is 0.0611. The Morgan fingerprint density at radius 2 is 2.05 bits per heavy atom. The molecule has 2 heterocycles. The lowest BCUT2D eigenvalue weighted by molar-refractivity contribution is -0.162. The highest BCUT2D eigenvalue weighted by molar-refractivity contribution is 8.18. The molecule has 2 nitrogen and oxygen atoms in total. The van der Waals surface area contributed by atoms with Crippen LogP contribution < -0.4 is 0 Å². The Balaban J connectivity index is 1.71. The Morgan fingerprint density at radius 3 is 2.77 bits per heavy atom. The van der Waals surface area contributed by atoms with E-state index in [4.69, 9.17) is 9.47 Å². The van der Waals surface area contributed by atoms with E-state index in [-0.39, 0.29) is 6.29 Å². The molecule has 1 unspecified atom stereocenters. The van der Waals surface area contributed by atoms with Gasteiger partial charge in [0.2, 0.25) is 0 Å². The third kappa shape index (κ3) is 6.69. The summed E-state index contributed by atoms with van der Waals surface area (Å²) in [6.45, 7) is 3.77. The van der Waals surface area contributed by atoms with Crippen molar-refractivity contribution in [2.24, 2.45) is 0 Å². The summed E-state index contributed by atoms with van der Waals surface area (Å²) in [6.07, 6.45) is 17.2. The van der Waals surface area contributed by atoms with Gasteiger partial charge in [-0.3, -0.25) is 0 Å². The molecule has 0 N–H and O–H groups in total. The van der Waals surface area contributed by atoms with Gasteiger partial charge in [-0.05, 0) is 63.4 Å². The fourth-order valence-electron chi connectivity index (χ4n) is 2.82. The van der Waals surface area contributed by atoms with Crippen molar-refractivity contribution in [2.75, 3.05) is 24.7 Å². The van der Waals surface area contributed by atoms with Gasteiger partial charge in [-0.25, -0.2) is 0 Å². The van der Waals surface area contributed by atoms with Gasteiger partial charge in [-0.15, -0.1) is 23.5 Å². The van der Waals surface area contributed by atoms with Gasteiger partial charge in [-0.1, -0.05) is 24.3 Å². The Bertz CT molecular complexity index is 343. The van der Waals surface area contributed by atoms with Gasteiger partial charge in [0, 0.05) is 13.2 Å². The zero-order valence-electron chi connectivity index (χ0n) is 13.8. The SMILES string of the molecule is C/C=C/C=C/CC1(CCCOC2CCCCO2)SCCCS1. The predicted molar refractivity (Wildman–Crippen MR) is 99.6 cm³/mol. The summed E-state index contributed by atoms with van der Waals surface area (Å²) in [6, 6.07) is 0. The fraction of sp³-hybridized carbons (Fsp3) is 0.778. The van der Waals surface area contributed by atoms with Crippen molar-refractivity contribution in [3.8, 4) is 0 Å². The normalized spacial score (nSPS) is 26.0. The average Bonchev–Trinajstić information content (AvgIpc) is 2.58. The smallest absolute Gasteiger partial charge is 0.157 e. The van der Waals surface area contributed by atoms with Crippen LogP contribution in [-0.4, -0.2) is 35.1 Å². The monoisotopic (exact) mass is 342 g/mol. The summed E-state index contributed by atoms with van der Waals surface area (Å²) in [5.41, 5.74) is 0. The molecular formula is C18H30O2S2. The largest absolute Gasteiger partial charge is 0.353 e. The van der Waals surface area contributed by atoms with E-state index in [1.165, 1.54) is 37.2 Å². The van der Waals surface area contributed by atoms with Crippen LogP contribution >= 0.6 is 23.5 Å². The average molecular weight is 343 g/mol. The van der Waals surface area contributed by atoms with Crippen molar-refractivity contribution in [2.45, 2.75) is 62.2 Å². The number of thioether (sulfide) groups is 2. The predicted octanol–water partition coefficient (Wildman–Crippen LogP) is 5.40. The van der Waals surface area contributed by atoms with Crippen LogP contribution in [0.3, 0.4) is 0 Å². The van der Waals surface area contributed by atoms with E-state index in [1.807, 2.05) is 0 Å². The maximum Gasteiger partial charge on any atom is 0.157 e. The summed E-state index contributed by atoms with van der Waals surface area (Å²) in [4.78, 5) is 0. The van der Waals surface area contributed by atoms with Gasteiger partial charge in [0.05, 0.1) is 4.08 Å². The second-order valence-corrected chi connectivity index (χ2v) is 9.10. The highest BCUT2D eigenvalue weighted by Gasteiger charge is 2.32. The second kappa shape index (κ2) is 10.8. The van der Waals surface area contributed by atoms with Crippen LogP contribution in [-0.2, 0) is 9.47 Å². The van der Waals surface area contributed by atoms with Crippen molar-refractivity contribution >= 4 is 23.5 Å². The first-order chi connectivity index (χ1) is 10.8. The molecule has 0 aliphatic carbocycles. The van der Waals surface area contributed by atoms with Crippen molar-refractivity contribution in [1.29, 1.82) is 0 Å². The summed E-state index contributed by atoms with van der Waals surface area (Å²) in [5, 5.41) is 0. The van der Waals surface area contributed by atoms with Crippen LogP contribution in [0.1, 0.15) is 51.9 Å². The molecule has 0 amide bonds. The molecule has 0 aromatic rings. The van der Waals surface area contributed by atoms with E-state index in [0.29, 0.717) is 4.08 Å². The van der Waals surface area contributed by atoms with E-state index in [9.17, 15) is 0 Å². The van der Waals surface area contributed by atoms with Gasteiger partial charge in [0.15, 0.2) is 6.29 Å². The van der Waals surface area contributed by atoms with Crippen LogP contribution in [0, 0.1) is 0 Å². The Labute approximate surface area is 144 Å². The number of ether oxygens (including phenoxy) is 2. The van der Waals surface area contributed by atoms with Crippen molar-refractivity contribution in [3.63, 3.8) is 0 Å². The highest BCUT2D eigenvalue weighted by Crippen LogP contribution is 2.48. The molecule has 2 saturated heterocycles. The standard InChI is InChI=1S/C18H30O2S2/c1-2-3-4-6-11-18(21-15-9-16-22-18)12-8-14-20-17-10-5-7-13-19-17/h2-4,6,17H,5,7-16H2,1H3/b3-2+,6-4+. The van der Waals surface area contributed by atoms with Gasteiger partial charge < -0.3 is 9.47 Å². The molecule has 0 spiro atoms. The van der Waals surface area contributed by atoms with Crippen LogP contribution in [0.5, 0.6) is 0 Å². The van der Waals surface area contributed by atoms with E-state index in [2.05, 4.69) is 54.8 Å². The molecule has 0 radical (unpaired) electrons. The molecule has 2 aliphatic rings. The number of hydrogen-bond acceptors (Lipinski definition) is 4. The molecule has 2 aliphatic heterocycles. The molecule has 2 rings (SSSR count). The quantitative estimate of drug-likeness (QED) is 0.434. The zero-order chi connectivity index (χ0) is 15.5. The summed E-state index contributed by atoms with van der Waals surface area (Å²) in [5.74, 6) is 2.61. The van der Waals surface area contributed by atoms with E-state index < -0.39 is 0 Å². The lowest BCUT2D eigenvalue weighted by Crippen LogP contribution is -2.26. The number of rotatable bonds is 8. The van der Waals surface area contributed by atoms with E-state index in [1.54, 1.807) is 0 Å². The van der Waals surface area contributed by atoms with Gasteiger partial charge >= 0.3 is 0 Å². The lowest BCUT2D eigenvalue weighted by Gasteiger charge is -2.35. The first-order valence-electron chi connectivity index (χ1n) is 8.64. The molecular weight excluding hydrogens is 312 g/mol. The summed E-state index contributed by atoms with van der Waals surface area (Å²) < 4.78 is 11.9. The molecule has 4 heteroatoms. The van der Waals surface area contributed by atoms with Gasteiger partial charge in [-0.2, -0.15) is 0 Å². The van der Waals surface area contributed by atoms with Gasteiger partial charge in [0.1, 0.15) is 0 Å². The van der Waals surface area contributed by atoms with Crippen molar-refractivity contribution in [3.05, 3.63) is 24.3 Å². The molecule has 1 atom stereocenters. The maximum absolute atomic E-state index is 5.89. The Morgan fingerprint density at radius 1 is 1.18 bits per heavy atom. The number of allylic oxidation sites excluding steroid dienone is 4. The van der Waals surface area contributed by atoms with Crippen molar-refractivity contribution < 1.29 is 9.47 Å². The molecule has 22 heavy (non-hydrogen) atoms. The minimum Gasteiger partial charge on any atom is -0.353 e. The molecule has 126 valence electrons. The van der Waals surface area contributed by atoms with Crippen molar-refractivity contribution in [1.82, 2.24) is 0 Å². The summed E-state index contributed by atoms with van der Waals surface area (Å²) in [7, 11) is 0. The van der Waals surface area contributed by atoms with Crippen LogP contribution in [0.25, 0.3) is 0 Å². The van der Waals surface area contributed by atoms with E-state index in [0.717, 1.165) is 32.5 Å². The second-order valence-electron chi connectivity index (χ2n) is 5.89. The first-order valence-corrected chi connectivity index (χ1v) is 10.6. The highest BCUT2D eigenvalue weighted by atomic mass is 32.2. The third-order valence-corrected chi connectivity index (χ3v) is 7.52.